The maximum atomic E-state index is 12.8. The molecule has 0 bridgehead atoms. The van der Waals surface area contributed by atoms with E-state index in [4.69, 9.17) is 14.2 Å². The Balaban J connectivity index is 1.56. The first-order valence-corrected chi connectivity index (χ1v) is 9.68. The number of rotatable bonds is 4. The normalized spacial score (nSPS) is 16.8. The summed E-state index contributed by atoms with van der Waals surface area (Å²) < 4.78 is 11.3. The number of hydrogen-bond donors (Lipinski definition) is 0. The van der Waals surface area contributed by atoms with E-state index in [0.29, 0.717) is 31.1 Å². The molecule has 0 aliphatic carbocycles. The predicted molar refractivity (Wildman–Crippen MR) is 105 cm³/mol. The molecule has 1 fully saturated rings. The molecule has 3 aromatic rings. The minimum absolute atomic E-state index is 0.0994. The summed E-state index contributed by atoms with van der Waals surface area (Å²) in [6.45, 7) is 7.11. The van der Waals surface area contributed by atoms with Gasteiger partial charge in [-0.3, -0.25) is 4.79 Å². The fraction of sp³-hybridized carbons (Fsp3) is 0.381. The number of amides is 1. The van der Waals surface area contributed by atoms with Crippen molar-refractivity contribution in [2.24, 2.45) is 0 Å². The van der Waals surface area contributed by atoms with Crippen LogP contribution in [-0.4, -0.2) is 50.6 Å². The van der Waals surface area contributed by atoms with Gasteiger partial charge in [-0.1, -0.05) is 18.1 Å². The number of aryl methyl sites for hydroxylation is 3. The Labute approximate surface area is 168 Å². The molecule has 150 valence electrons. The van der Waals surface area contributed by atoms with Crippen molar-refractivity contribution in [1.82, 2.24) is 25.0 Å². The maximum absolute atomic E-state index is 12.8. The fourth-order valence-electron chi connectivity index (χ4n) is 3.45. The molecule has 1 atom stereocenters. The number of carbonyl (C=O) groups excluding carboxylic acids is 1. The molecule has 8 nitrogen and oxygen atoms in total. The Bertz CT molecular complexity index is 1020. The van der Waals surface area contributed by atoms with E-state index in [1.54, 1.807) is 24.2 Å². The zero-order valence-corrected chi connectivity index (χ0v) is 16.8. The lowest BCUT2D eigenvalue weighted by Gasteiger charge is -2.32. The van der Waals surface area contributed by atoms with Crippen molar-refractivity contribution in [3.05, 3.63) is 59.1 Å². The van der Waals surface area contributed by atoms with E-state index in [1.807, 2.05) is 32.0 Å². The van der Waals surface area contributed by atoms with E-state index in [9.17, 15) is 4.79 Å². The molecule has 1 aliphatic heterocycles. The third kappa shape index (κ3) is 3.88. The number of ether oxygens (including phenoxy) is 1. The van der Waals surface area contributed by atoms with Gasteiger partial charge in [0, 0.05) is 25.4 Å². The van der Waals surface area contributed by atoms with Crippen molar-refractivity contribution in [3.8, 4) is 11.3 Å². The zero-order valence-electron chi connectivity index (χ0n) is 16.8. The SMILES string of the molecule is CCc1onc(C)c1-c1cccc([C@@H]2CN(C(=O)c3cnc(C)nc3)CCO2)n1. The van der Waals surface area contributed by atoms with E-state index >= 15 is 0 Å². The summed E-state index contributed by atoms with van der Waals surface area (Å²) in [4.78, 5) is 27.6. The van der Waals surface area contributed by atoms with Gasteiger partial charge < -0.3 is 14.2 Å². The molecule has 0 unspecified atom stereocenters. The molecule has 4 heterocycles. The standard InChI is InChI=1S/C21H23N5O3/c1-4-18-20(13(2)25-29-18)17-7-5-6-16(24-17)19-12-26(8-9-28-19)21(27)15-10-22-14(3)23-11-15/h5-7,10-11,19H,4,8-9,12H2,1-3H3/t19-/m0/s1. The van der Waals surface area contributed by atoms with Crippen LogP contribution in [0, 0.1) is 13.8 Å². The minimum atomic E-state index is -0.302. The average molecular weight is 393 g/mol. The molecule has 0 spiro atoms. The van der Waals surface area contributed by atoms with Crippen LogP contribution in [0.25, 0.3) is 11.3 Å². The molecule has 1 aliphatic rings. The van der Waals surface area contributed by atoms with E-state index in [1.165, 1.54) is 0 Å². The smallest absolute Gasteiger partial charge is 0.257 e. The van der Waals surface area contributed by atoms with Gasteiger partial charge in [0.25, 0.3) is 5.91 Å². The van der Waals surface area contributed by atoms with Crippen LogP contribution in [0.3, 0.4) is 0 Å². The molecule has 0 saturated carbocycles. The second-order valence-corrected chi connectivity index (χ2v) is 7.00. The lowest BCUT2D eigenvalue weighted by Crippen LogP contribution is -2.42. The quantitative estimate of drug-likeness (QED) is 0.672. The van der Waals surface area contributed by atoms with E-state index in [-0.39, 0.29) is 12.0 Å². The summed E-state index contributed by atoms with van der Waals surface area (Å²) in [6, 6.07) is 5.81. The summed E-state index contributed by atoms with van der Waals surface area (Å²) in [5.74, 6) is 1.35. The predicted octanol–water partition coefficient (Wildman–Crippen LogP) is 2.92. The number of morpholine rings is 1. The van der Waals surface area contributed by atoms with Crippen LogP contribution in [0.2, 0.25) is 0 Å². The molecule has 0 radical (unpaired) electrons. The summed E-state index contributed by atoms with van der Waals surface area (Å²) in [7, 11) is 0. The highest BCUT2D eigenvalue weighted by Crippen LogP contribution is 2.29. The topological polar surface area (TPSA) is 94.2 Å². The van der Waals surface area contributed by atoms with Gasteiger partial charge in [0.15, 0.2) is 0 Å². The summed E-state index contributed by atoms with van der Waals surface area (Å²) in [5.41, 5.74) is 3.80. The van der Waals surface area contributed by atoms with Gasteiger partial charge in [0.2, 0.25) is 0 Å². The molecule has 1 amide bonds. The van der Waals surface area contributed by atoms with Crippen molar-refractivity contribution in [2.45, 2.75) is 33.3 Å². The van der Waals surface area contributed by atoms with E-state index < -0.39 is 0 Å². The van der Waals surface area contributed by atoms with Crippen LogP contribution in [0.15, 0.2) is 35.1 Å². The third-order valence-electron chi connectivity index (χ3n) is 4.99. The van der Waals surface area contributed by atoms with E-state index in [2.05, 4.69) is 15.1 Å². The Morgan fingerprint density at radius 3 is 2.79 bits per heavy atom. The molecular formula is C21H23N5O3. The van der Waals surface area contributed by atoms with Gasteiger partial charge in [-0.25, -0.2) is 15.0 Å². The van der Waals surface area contributed by atoms with Crippen molar-refractivity contribution in [1.29, 1.82) is 0 Å². The minimum Gasteiger partial charge on any atom is -0.368 e. The number of carbonyl (C=O) groups is 1. The monoisotopic (exact) mass is 393 g/mol. The molecule has 29 heavy (non-hydrogen) atoms. The highest BCUT2D eigenvalue weighted by molar-refractivity contribution is 5.93. The maximum Gasteiger partial charge on any atom is 0.257 e. The average Bonchev–Trinajstić information content (AvgIpc) is 3.14. The number of aromatic nitrogens is 4. The van der Waals surface area contributed by atoms with Gasteiger partial charge in [-0.2, -0.15) is 0 Å². The Morgan fingerprint density at radius 1 is 1.24 bits per heavy atom. The van der Waals surface area contributed by atoms with E-state index in [0.717, 1.165) is 34.8 Å². The number of nitrogens with zero attached hydrogens (tertiary/aromatic N) is 5. The summed E-state index contributed by atoms with van der Waals surface area (Å²) in [6.07, 6.45) is 3.57. The molecule has 0 N–H and O–H groups in total. The van der Waals surface area contributed by atoms with Crippen LogP contribution in [0.4, 0.5) is 0 Å². The van der Waals surface area contributed by atoms with Crippen molar-refractivity contribution in [3.63, 3.8) is 0 Å². The van der Waals surface area contributed by atoms with Gasteiger partial charge in [0.1, 0.15) is 17.7 Å². The van der Waals surface area contributed by atoms with Crippen molar-refractivity contribution >= 4 is 5.91 Å². The Hall–Kier alpha value is -3.13. The lowest BCUT2D eigenvalue weighted by molar-refractivity contribution is -0.0247. The first-order chi connectivity index (χ1) is 14.1. The van der Waals surface area contributed by atoms with Gasteiger partial charge in [-0.05, 0) is 26.0 Å². The van der Waals surface area contributed by atoms with Gasteiger partial charge >= 0.3 is 0 Å². The first-order valence-electron chi connectivity index (χ1n) is 9.68. The molecule has 3 aromatic heterocycles. The van der Waals surface area contributed by atoms with Crippen LogP contribution >= 0.6 is 0 Å². The van der Waals surface area contributed by atoms with Gasteiger partial charge in [0.05, 0.1) is 41.4 Å². The highest BCUT2D eigenvalue weighted by atomic mass is 16.5. The molecule has 0 aromatic carbocycles. The van der Waals surface area contributed by atoms with Crippen LogP contribution < -0.4 is 0 Å². The molecule has 1 saturated heterocycles. The van der Waals surface area contributed by atoms with Crippen LogP contribution in [0.1, 0.15) is 46.4 Å². The summed E-state index contributed by atoms with van der Waals surface area (Å²) in [5, 5.41) is 4.07. The second-order valence-electron chi connectivity index (χ2n) is 7.00. The van der Waals surface area contributed by atoms with Crippen molar-refractivity contribution < 1.29 is 14.1 Å². The Morgan fingerprint density at radius 2 is 2.03 bits per heavy atom. The fourth-order valence-corrected chi connectivity index (χ4v) is 3.45. The third-order valence-corrected chi connectivity index (χ3v) is 4.99. The number of hydrogen-bond acceptors (Lipinski definition) is 7. The summed E-state index contributed by atoms with van der Waals surface area (Å²) >= 11 is 0. The molecular weight excluding hydrogens is 370 g/mol. The Kier molecular flexibility index (Phi) is 5.35. The van der Waals surface area contributed by atoms with Crippen LogP contribution in [-0.2, 0) is 11.2 Å². The first kappa shape index (κ1) is 19.2. The van der Waals surface area contributed by atoms with Crippen LogP contribution in [0.5, 0.6) is 0 Å². The number of pyridine rings is 1. The van der Waals surface area contributed by atoms with Crippen molar-refractivity contribution in [2.75, 3.05) is 19.7 Å². The zero-order chi connectivity index (χ0) is 20.4. The van der Waals surface area contributed by atoms with Gasteiger partial charge in [-0.15, -0.1) is 0 Å². The second kappa shape index (κ2) is 8.08. The highest BCUT2D eigenvalue weighted by Gasteiger charge is 2.28. The molecule has 4 rings (SSSR count). The lowest BCUT2D eigenvalue weighted by atomic mass is 10.1. The largest absolute Gasteiger partial charge is 0.368 e. The molecule has 8 heteroatoms.